The second kappa shape index (κ2) is 7.28. The number of hydrogen-bond donors (Lipinski definition) is 0. The summed E-state index contributed by atoms with van der Waals surface area (Å²) < 4.78 is 16.0. The second-order valence-corrected chi connectivity index (χ2v) is 6.79. The molecule has 0 saturated carbocycles. The molecule has 26 heavy (non-hydrogen) atoms. The SMILES string of the molecule is COc1ccc(CCC(=O)N2CCC(c3ccc4c(c3)OCO4)C2)cc1. The van der Waals surface area contributed by atoms with Crippen LogP contribution >= 0.6 is 0 Å². The summed E-state index contributed by atoms with van der Waals surface area (Å²) in [6.07, 6.45) is 2.29. The highest BCUT2D eigenvalue weighted by atomic mass is 16.7. The van der Waals surface area contributed by atoms with Gasteiger partial charge >= 0.3 is 0 Å². The summed E-state index contributed by atoms with van der Waals surface area (Å²) in [5.41, 5.74) is 2.38. The van der Waals surface area contributed by atoms with Crippen LogP contribution in [0.1, 0.15) is 29.9 Å². The maximum absolute atomic E-state index is 12.6. The lowest BCUT2D eigenvalue weighted by Gasteiger charge is -2.17. The van der Waals surface area contributed by atoms with Gasteiger partial charge in [-0.15, -0.1) is 0 Å². The monoisotopic (exact) mass is 353 g/mol. The molecular formula is C21H23NO4. The number of benzene rings is 2. The Balaban J connectivity index is 1.32. The number of likely N-dealkylation sites (tertiary alicyclic amines) is 1. The van der Waals surface area contributed by atoms with Crippen LogP contribution in [-0.2, 0) is 11.2 Å². The lowest BCUT2D eigenvalue weighted by molar-refractivity contribution is -0.130. The van der Waals surface area contributed by atoms with E-state index in [0.29, 0.717) is 19.1 Å². The van der Waals surface area contributed by atoms with E-state index in [-0.39, 0.29) is 5.91 Å². The predicted octanol–water partition coefficient (Wildman–Crippen LogP) is 3.37. The van der Waals surface area contributed by atoms with Crippen LogP contribution in [0.15, 0.2) is 42.5 Å². The normalized spacial score (nSPS) is 18.2. The van der Waals surface area contributed by atoms with Gasteiger partial charge in [0.25, 0.3) is 0 Å². The van der Waals surface area contributed by atoms with Gasteiger partial charge in [-0.2, -0.15) is 0 Å². The van der Waals surface area contributed by atoms with E-state index in [4.69, 9.17) is 14.2 Å². The van der Waals surface area contributed by atoms with Crippen LogP contribution in [0.25, 0.3) is 0 Å². The molecule has 0 aliphatic carbocycles. The Kier molecular flexibility index (Phi) is 4.69. The van der Waals surface area contributed by atoms with Gasteiger partial charge in [0.05, 0.1) is 7.11 Å². The van der Waals surface area contributed by atoms with Gasteiger partial charge in [-0.3, -0.25) is 4.79 Å². The van der Waals surface area contributed by atoms with Crippen molar-refractivity contribution in [3.8, 4) is 17.2 Å². The largest absolute Gasteiger partial charge is 0.497 e. The minimum atomic E-state index is 0.226. The van der Waals surface area contributed by atoms with Crippen molar-refractivity contribution in [2.75, 3.05) is 27.0 Å². The maximum Gasteiger partial charge on any atom is 0.231 e. The zero-order chi connectivity index (χ0) is 17.9. The molecule has 2 aliphatic heterocycles. The van der Waals surface area contributed by atoms with Gasteiger partial charge in [-0.25, -0.2) is 0 Å². The summed E-state index contributed by atoms with van der Waals surface area (Å²) in [6, 6.07) is 14.0. The number of ether oxygens (including phenoxy) is 3. The second-order valence-electron chi connectivity index (χ2n) is 6.79. The Bertz CT molecular complexity index is 787. The standard InChI is InChI=1S/C21H23NO4/c1-24-18-6-2-15(3-7-18)4-9-21(23)22-11-10-17(13-22)16-5-8-19-20(12-16)26-14-25-19/h2-3,5-8,12,17H,4,9-11,13-14H2,1H3. The molecule has 4 rings (SSSR count). The van der Waals surface area contributed by atoms with Crippen molar-refractivity contribution in [1.29, 1.82) is 0 Å². The van der Waals surface area contributed by atoms with E-state index < -0.39 is 0 Å². The van der Waals surface area contributed by atoms with Crippen molar-refractivity contribution in [2.24, 2.45) is 0 Å². The zero-order valence-electron chi connectivity index (χ0n) is 14.9. The Morgan fingerprint density at radius 1 is 1.15 bits per heavy atom. The summed E-state index contributed by atoms with van der Waals surface area (Å²) in [5, 5.41) is 0. The lowest BCUT2D eigenvalue weighted by Crippen LogP contribution is -2.28. The van der Waals surface area contributed by atoms with Gasteiger partial charge in [-0.1, -0.05) is 18.2 Å². The topological polar surface area (TPSA) is 48.0 Å². The molecule has 0 bridgehead atoms. The molecule has 5 heteroatoms. The van der Waals surface area contributed by atoms with Crippen molar-refractivity contribution in [1.82, 2.24) is 4.90 Å². The van der Waals surface area contributed by atoms with Crippen LogP contribution in [-0.4, -0.2) is 37.8 Å². The van der Waals surface area contributed by atoms with Crippen molar-refractivity contribution < 1.29 is 19.0 Å². The van der Waals surface area contributed by atoms with Crippen molar-refractivity contribution in [3.05, 3.63) is 53.6 Å². The highest BCUT2D eigenvalue weighted by Crippen LogP contribution is 2.37. The van der Waals surface area contributed by atoms with E-state index in [1.807, 2.05) is 35.2 Å². The molecule has 136 valence electrons. The molecule has 1 unspecified atom stereocenters. The molecule has 1 amide bonds. The summed E-state index contributed by atoms with van der Waals surface area (Å²) in [6.45, 7) is 1.89. The molecule has 1 fully saturated rings. The van der Waals surface area contributed by atoms with Gasteiger partial charge in [0.15, 0.2) is 11.5 Å². The van der Waals surface area contributed by atoms with Gasteiger partial charge in [-0.05, 0) is 48.2 Å². The molecule has 0 aromatic heterocycles. The number of nitrogens with zero attached hydrogens (tertiary/aromatic N) is 1. The molecule has 2 aliphatic rings. The van der Waals surface area contributed by atoms with Crippen LogP contribution < -0.4 is 14.2 Å². The summed E-state index contributed by atoms with van der Waals surface area (Å²) in [4.78, 5) is 14.5. The zero-order valence-corrected chi connectivity index (χ0v) is 14.9. The Labute approximate surface area is 153 Å². The molecule has 0 spiro atoms. The average Bonchev–Trinajstić information content (AvgIpc) is 3.35. The van der Waals surface area contributed by atoms with Crippen LogP contribution in [0.2, 0.25) is 0 Å². The molecule has 0 N–H and O–H groups in total. The number of carbonyl (C=O) groups is 1. The number of carbonyl (C=O) groups excluding carboxylic acids is 1. The van der Waals surface area contributed by atoms with Gasteiger partial charge in [0.2, 0.25) is 12.7 Å². The molecule has 1 atom stereocenters. The number of methoxy groups -OCH3 is 1. The third-order valence-corrected chi connectivity index (χ3v) is 5.20. The predicted molar refractivity (Wildman–Crippen MR) is 97.8 cm³/mol. The van der Waals surface area contributed by atoms with Crippen LogP contribution in [0, 0.1) is 0 Å². The van der Waals surface area contributed by atoms with E-state index in [2.05, 4.69) is 12.1 Å². The number of amides is 1. The summed E-state index contributed by atoms with van der Waals surface area (Å²) >= 11 is 0. The molecular weight excluding hydrogens is 330 g/mol. The first kappa shape index (κ1) is 16.8. The van der Waals surface area contributed by atoms with E-state index in [1.54, 1.807) is 7.11 Å². The molecule has 2 aromatic rings. The van der Waals surface area contributed by atoms with Crippen molar-refractivity contribution in [2.45, 2.75) is 25.2 Å². The quantitative estimate of drug-likeness (QED) is 0.827. The fraction of sp³-hybridized carbons (Fsp3) is 0.381. The third-order valence-electron chi connectivity index (χ3n) is 5.20. The molecule has 1 saturated heterocycles. The van der Waals surface area contributed by atoms with E-state index in [9.17, 15) is 4.79 Å². The van der Waals surface area contributed by atoms with Crippen molar-refractivity contribution >= 4 is 5.91 Å². The Morgan fingerprint density at radius 3 is 2.77 bits per heavy atom. The minimum absolute atomic E-state index is 0.226. The smallest absolute Gasteiger partial charge is 0.231 e. The highest BCUT2D eigenvalue weighted by molar-refractivity contribution is 5.77. The first-order valence-corrected chi connectivity index (χ1v) is 9.03. The van der Waals surface area contributed by atoms with E-state index in [0.717, 1.165) is 48.7 Å². The fourth-order valence-electron chi connectivity index (χ4n) is 3.63. The minimum Gasteiger partial charge on any atom is -0.497 e. The third kappa shape index (κ3) is 3.47. The number of hydrogen-bond acceptors (Lipinski definition) is 4. The lowest BCUT2D eigenvalue weighted by atomic mass is 9.98. The number of fused-ring (bicyclic) bond motifs is 1. The Morgan fingerprint density at radius 2 is 1.96 bits per heavy atom. The molecule has 2 heterocycles. The summed E-state index contributed by atoms with van der Waals surface area (Å²) in [5.74, 6) is 3.05. The maximum atomic E-state index is 12.6. The highest BCUT2D eigenvalue weighted by Gasteiger charge is 2.28. The first-order chi connectivity index (χ1) is 12.7. The first-order valence-electron chi connectivity index (χ1n) is 9.03. The molecule has 2 aromatic carbocycles. The Hall–Kier alpha value is -2.69. The van der Waals surface area contributed by atoms with Crippen LogP contribution in [0.5, 0.6) is 17.2 Å². The number of rotatable bonds is 5. The van der Waals surface area contributed by atoms with Gasteiger partial charge < -0.3 is 19.1 Å². The van der Waals surface area contributed by atoms with E-state index in [1.165, 1.54) is 5.56 Å². The fourth-order valence-corrected chi connectivity index (χ4v) is 3.63. The van der Waals surface area contributed by atoms with Crippen molar-refractivity contribution in [3.63, 3.8) is 0 Å². The van der Waals surface area contributed by atoms with Gasteiger partial charge in [0.1, 0.15) is 5.75 Å². The average molecular weight is 353 g/mol. The number of aryl methyl sites for hydroxylation is 1. The van der Waals surface area contributed by atoms with E-state index >= 15 is 0 Å². The van der Waals surface area contributed by atoms with Crippen LogP contribution in [0.4, 0.5) is 0 Å². The van der Waals surface area contributed by atoms with Crippen LogP contribution in [0.3, 0.4) is 0 Å². The summed E-state index contributed by atoms with van der Waals surface area (Å²) in [7, 11) is 1.66. The molecule has 0 radical (unpaired) electrons. The van der Waals surface area contributed by atoms with Gasteiger partial charge in [0, 0.05) is 25.4 Å². The molecule has 5 nitrogen and oxygen atoms in total.